The molecule has 2 unspecified atom stereocenters. The van der Waals surface area contributed by atoms with Gasteiger partial charge >= 0.3 is 0 Å². The van der Waals surface area contributed by atoms with Gasteiger partial charge in [-0.25, -0.2) is 0 Å². The van der Waals surface area contributed by atoms with Gasteiger partial charge in [-0.15, -0.1) is 0 Å². The molecule has 0 aliphatic carbocycles. The second kappa shape index (κ2) is 5.52. The molecule has 3 rings (SSSR count). The zero-order valence-corrected chi connectivity index (χ0v) is 12.1. The van der Waals surface area contributed by atoms with Gasteiger partial charge in [0.15, 0.2) is 0 Å². The van der Waals surface area contributed by atoms with Gasteiger partial charge in [0, 0.05) is 18.9 Å². The first kappa shape index (κ1) is 13.6. The van der Waals surface area contributed by atoms with E-state index in [4.69, 9.17) is 0 Å². The molecule has 2 aliphatic rings. The molecule has 0 saturated carbocycles. The highest BCUT2D eigenvalue weighted by molar-refractivity contribution is 5.86. The monoisotopic (exact) mass is 273 g/mol. The summed E-state index contributed by atoms with van der Waals surface area (Å²) in [7, 11) is 0. The Morgan fingerprint density at radius 1 is 1.35 bits per heavy atom. The van der Waals surface area contributed by atoms with E-state index in [2.05, 4.69) is 22.1 Å². The fourth-order valence-corrected chi connectivity index (χ4v) is 3.50. The first-order valence-electron chi connectivity index (χ1n) is 7.67. The summed E-state index contributed by atoms with van der Waals surface area (Å²) in [4.78, 5) is 19.1. The Morgan fingerprint density at radius 3 is 2.85 bits per heavy atom. The summed E-state index contributed by atoms with van der Waals surface area (Å²) in [6, 6.07) is 4.30. The summed E-state index contributed by atoms with van der Waals surface area (Å²) in [5, 5.41) is 3.44. The van der Waals surface area contributed by atoms with Gasteiger partial charge in [0.2, 0.25) is 5.91 Å². The number of piperidine rings is 1. The van der Waals surface area contributed by atoms with E-state index in [0.717, 1.165) is 38.8 Å². The summed E-state index contributed by atoms with van der Waals surface area (Å²) in [5.41, 5.74) is 0.846. The van der Waals surface area contributed by atoms with Crippen LogP contribution >= 0.6 is 0 Å². The van der Waals surface area contributed by atoms with Crippen LogP contribution in [0.2, 0.25) is 0 Å². The highest BCUT2D eigenvalue weighted by atomic mass is 16.2. The maximum atomic E-state index is 13.0. The van der Waals surface area contributed by atoms with Crippen LogP contribution in [0.5, 0.6) is 0 Å². The summed E-state index contributed by atoms with van der Waals surface area (Å²) in [6.45, 7) is 3.90. The summed E-state index contributed by atoms with van der Waals surface area (Å²) in [6.07, 6.45) is 9.06. The van der Waals surface area contributed by atoms with Gasteiger partial charge in [-0.3, -0.25) is 9.78 Å². The molecule has 20 heavy (non-hydrogen) atoms. The van der Waals surface area contributed by atoms with E-state index in [0.29, 0.717) is 0 Å². The Bertz CT molecular complexity index is 468. The minimum atomic E-state index is -0.367. The molecule has 4 nitrogen and oxygen atoms in total. The number of carbonyl (C=O) groups is 1. The number of hydrogen-bond donors (Lipinski definition) is 1. The third kappa shape index (κ3) is 2.44. The van der Waals surface area contributed by atoms with E-state index in [1.807, 2.05) is 24.5 Å². The number of pyridine rings is 1. The van der Waals surface area contributed by atoms with Gasteiger partial charge in [0.05, 0.1) is 11.6 Å². The van der Waals surface area contributed by atoms with Crippen LogP contribution in [0.1, 0.15) is 50.6 Å². The zero-order chi connectivity index (χ0) is 14.0. The van der Waals surface area contributed by atoms with Crippen molar-refractivity contribution in [3.63, 3.8) is 0 Å². The summed E-state index contributed by atoms with van der Waals surface area (Å²) < 4.78 is 0. The molecular formula is C16H23N3O. The van der Waals surface area contributed by atoms with Crippen LogP contribution in [0, 0.1) is 0 Å². The van der Waals surface area contributed by atoms with Crippen molar-refractivity contribution in [2.75, 3.05) is 13.1 Å². The average molecular weight is 273 g/mol. The minimum Gasteiger partial charge on any atom is -0.334 e. The molecule has 0 radical (unpaired) electrons. The van der Waals surface area contributed by atoms with E-state index in [1.54, 1.807) is 0 Å². The van der Waals surface area contributed by atoms with Crippen molar-refractivity contribution >= 4 is 5.91 Å². The number of carbonyl (C=O) groups excluding carboxylic acids is 1. The van der Waals surface area contributed by atoms with E-state index < -0.39 is 0 Å². The Morgan fingerprint density at radius 2 is 2.15 bits per heavy atom. The highest BCUT2D eigenvalue weighted by Crippen LogP contribution is 2.34. The fraction of sp³-hybridized carbons (Fsp3) is 0.625. The second-order valence-electron chi connectivity index (χ2n) is 6.15. The number of likely N-dealkylation sites (tertiary alicyclic amines) is 1. The Hall–Kier alpha value is -1.42. The van der Waals surface area contributed by atoms with Crippen molar-refractivity contribution < 1.29 is 4.79 Å². The zero-order valence-electron chi connectivity index (χ0n) is 12.1. The van der Waals surface area contributed by atoms with Crippen molar-refractivity contribution in [3.8, 4) is 0 Å². The predicted molar refractivity (Wildman–Crippen MR) is 78.2 cm³/mol. The predicted octanol–water partition coefficient (Wildman–Crippen LogP) is 2.28. The number of amides is 1. The van der Waals surface area contributed by atoms with Gasteiger partial charge in [-0.2, -0.15) is 0 Å². The molecule has 0 aromatic carbocycles. The lowest BCUT2D eigenvalue weighted by molar-refractivity contribution is -0.139. The molecule has 108 valence electrons. The van der Waals surface area contributed by atoms with Crippen LogP contribution in [0.25, 0.3) is 0 Å². The van der Waals surface area contributed by atoms with Gasteiger partial charge in [0.1, 0.15) is 0 Å². The van der Waals surface area contributed by atoms with Crippen LogP contribution in [0.3, 0.4) is 0 Å². The van der Waals surface area contributed by atoms with Gasteiger partial charge in [-0.1, -0.05) is 0 Å². The molecule has 2 fully saturated rings. The van der Waals surface area contributed by atoms with Gasteiger partial charge in [-0.05, 0) is 63.3 Å². The van der Waals surface area contributed by atoms with E-state index in [-0.39, 0.29) is 17.5 Å². The lowest BCUT2D eigenvalue weighted by Gasteiger charge is -2.38. The number of nitrogens with zero attached hydrogens (tertiary/aromatic N) is 2. The Kier molecular flexibility index (Phi) is 3.74. The molecule has 0 spiro atoms. The lowest BCUT2D eigenvalue weighted by atomic mass is 9.89. The lowest BCUT2D eigenvalue weighted by Crippen LogP contribution is -2.57. The van der Waals surface area contributed by atoms with Crippen LogP contribution in [0.15, 0.2) is 24.5 Å². The Labute approximate surface area is 120 Å². The molecule has 4 heteroatoms. The molecule has 2 aliphatic heterocycles. The Balaban J connectivity index is 1.80. The van der Waals surface area contributed by atoms with Crippen LogP contribution in [-0.4, -0.2) is 34.4 Å². The molecule has 3 heterocycles. The topological polar surface area (TPSA) is 45.2 Å². The van der Waals surface area contributed by atoms with Crippen molar-refractivity contribution in [3.05, 3.63) is 30.1 Å². The van der Waals surface area contributed by atoms with Crippen molar-refractivity contribution in [2.45, 2.75) is 50.6 Å². The highest BCUT2D eigenvalue weighted by Gasteiger charge is 2.41. The van der Waals surface area contributed by atoms with E-state index in [1.165, 1.54) is 12.0 Å². The maximum Gasteiger partial charge on any atom is 0.243 e. The quantitative estimate of drug-likeness (QED) is 0.899. The standard InChI is InChI=1S/C16H23N3O/c1-16(8-2-3-9-18-16)15(20)19-12-4-5-14(19)13-6-10-17-11-7-13/h6-7,10-11,14,18H,2-5,8-9,12H2,1H3. The minimum absolute atomic E-state index is 0.228. The second-order valence-corrected chi connectivity index (χ2v) is 6.15. The third-order valence-corrected chi connectivity index (χ3v) is 4.70. The van der Waals surface area contributed by atoms with Gasteiger partial charge in [0.25, 0.3) is 0 Å². The molecule has 1 aromatic rings. The third-order valence-electron chi connectivity index (χ3n) is 4.70. The molecule has 2 saturated heterocycles. The van der Waals surface area contributed by atoms with Crippen LogP contribution in [-0.2, 0) is 4.79 Å². The van der Waals surface area contributed by atoms with Crippen LogP contribution < -0.4 is 5.32 Å². The number of nitrogens with one attached hydrogen (secondary N) is 1. The van der Waals surface area contributed by atoms with Crippen molar-refractivity contribution in [2.24, 2.45) is 0 Å². The largest absolute Gasteiger partial charge is 0.334 e. The SMILES string of the molecule is CC1(C(=O)N2CCCC2c2ccncc2)CCCCN1. The first-order valence-corrected chi connectivity index (χ1v) is 7.67. The average Bonchev–Trinajstić information content (AvgIpc) is 2.97. The summed E-state index contributed by atoms with van der Waals surface area (Å²) in [5.74, 6) is 0.275. The molecule has 0 bridgehead atoms. The molecular weight excluding hydrogens is 250 g/mol. The first-order chi connectivity index (χ1) is 9.71. The normalized spacial score (nSPS) is 30.4. The molecule has 1 aromatic heterocycles. The van der Waals surface area contributed by atoms with E-state index in [9.17, 15) is 4.79 Å². The molecule has 2 atom stereocenters. The molecule has 1 N–H and O–H groups in total. The number of rotatable bonds is 2. The smallest absolute Gasteiger partial charge is 0.243 e. The maximum absolute atomic E-state index is 13.0. The van der Waals surface area contributed by atoms with Crippen molar-refractivity contribution in [1.29, 1.82) is 0 Å². The van der Waals surface area contributed by atoms with Crippen LogP contribution in [0.4, 0.5) is 0 Å². The number of aromatic nitrogens is 1. The molecule has 1 amide bonds. The summed E-state index contributed by atoms with van der Waals surface area (Å²) >= 11 is 0. The fourth-order valence-electron chi connectivity index (χ4n) is 3.50. The number of hydrogen-bond acceptors (Lipinski definition) is 3. The van der Waals surface area contributed by atoms with Gasteiger partial charge < -0.3 is 10.2 Å². The van der Waals surface area contributed by atoms with Crippen molar-refractivity contribution in [1.82, 2.24) is 15.2 Å². The van der Waals surface area contributed by atoms with E-state index >= 15 is 0 Å².